The number of nitrogens with zero attached hydrogens (tertiary/aromatic N) is 2. The molecule has 2 aliphatic rings. The molecular formula is C21H24N2O. The van der Waals surface area contributed by atoms with Crippen LogP contribution >= 0.6 is 0 Å². The Labute approximate surface area is 143 Å². The highest BCUT2D eigenvalue weighted by molar-refractivity contribution is 5.83. The molecule has 0 spiro atoms. The summed E-state index contributed by atoms with van der Waals surface area (Å²) in [5, 5.41) is 0. The molecule has 3 nitrogen and oxygen atoms in total. The Kier molecular flexibility index (Phi) is 3.87. The molecule has 4 rings (SSSR count). The van der Waals surface area contributed by atoms with E-state index in [1.165, 1.54) is 22.3 Å². The predicted octanol–water partition coefficient (Wildman–Crippen LogP) is 4.17. The number of pyridine rings is 1. The van der Waals surface area contributed by atoms with E-state index in [9.17, 15) is 4.79 Å². The van der Waals surface area contributed by atoms with Crippen LogP contribution in [0.3, 0.4) is 0 Å². The fourth-order valence-electron chi connectivity index (χ4n) is 4.01. The molecule has 0 bridgehead atoms. The monoisotopic (exact) mass is 320 g/mol. The first-order chi connectivity index (χ1) is 11.6. The molecule has 1 aromatic heterocycles. The molecule has 24 heavy (non-hydrogen) atoms. The molecule has 124 valence electrons. The van der Waals surface area contributed by atoms with Crippen molar-refractivity contribution in [3.63, 3.8) is 0 Å². The Morgan fingerprint density at radius 2 is 1.88 bits per heavy atom. The van der Waals surface area contributed by atoms with Crippen LogP contribution in [0.2, 0.25) is 0 Å². The van der Waals surface area contributed by atoms with Crippen molar-refractivity contribution in [2.24, 2.45) is 5.92 Å². The molecule has 1 saturated heterocycles. The Bertz CT molecular complexity index is 756. The lowest BCUT2D eigenvalue weighted by molar-refractivity contribution is -0.133. The first-order valence-electron chi connectivity index (χ1n) is 8.92. The van der Waals surface area contributed by atoms with Crippen molar-refractivity contribution in [3.05, 3.63) is 65.0 Å². The summed E-state index contributed by atoms with van der Waals surface area (Å²) in [6.07, 6.45) is 6.81. The van der Waals surface area contributed by atoms with E-state index in [1.54, 1.807) is 0 Å². The Balaban J connectivity index is 1.49. The summed E-state index contributed by atoms with van der Waals surface area (Å²) in [5.74, 6) is 0.933. The molecule has 2 aromatic rings. The molecule has 1 aromatic carbocycles. The van der Waals surface area contributed by atoms with Gasteiger partial charge in [-0.25, -0.2) is 0 Å². The van der Waals surface area contributed by atoms with Gasteiger partial charge in [0.1, 0.15) is 0 Å². The zero-order valence-corrected chi connectivity index (χ0v) is 14.4. The van der Waals surface area contributed by atoms with Crippen LogP contribution in [0.25, 0.3) is 0 Å². The lowest BCUT2D eigenvalue weighted by atomic mass is 10.0. The number of rotatable bonds is 3. The van der Waals surface area contributed by atoms with E-state index in [2.05, 4.69) is 41.9 Å². The van der Waals surface area contributed by atoms with Crippen molar-refractivity contribution in [3.8, 4) is 0 Å². The smallest absolute Gasteiger partial charge is 0.226 e. The zero-order valence-electron chi connectivity index (χ0n) is 14.4. The van der Waals surface area contributed by atoms with Crippen LogP contribution in [-0.4, -0.2) is 22.3 Å². The van der Waals surface area contributed by atoms with Gasteiger partial charge in [0.15, 0.2) is 0 Å². The van der Waals surface area contributed by atoms with Crippen molar-refractivity contribution < 1.29 is 4.79 Å². The number of aromatic nitrogens is 1. The van der Waals surface area contributed by atoms with Gasteiger partial charge in [0, 0.05) is 24.9 Å². The second-order valence-corrected chi connectivity index (χ2v) is 7.26. The van der Waals surface area contributed by atoms with Gasteiger partial charge in [0.25, 0.3) is 0 Å². The topological polar surface area (TPSA) is 33.2 Å². The first kappa shape index (κ1) is 15.4. The number of aryl methyl sites for hydroxylation is 2. The zero-order chi connectivity index (χ0) is 16.7. The van der Waals surface area contributed by atoms with Crippen molar-refractivity contribution in [1.82, 2.24) is 9.88 Å². The number of hydrogen-bond acceptors (Lipinski definition) is 2. The highest BCUT2D eigenvalue weighted by Gasteiger charge is 2.47. The molecule has 0 unspecified atom stereocenters. The summed E-state index contributed by atoms with van der Waals surface area (Å²) in [5.41, 5.74) is 5.19. The van der Waals surface area contributed by atoms with E-state index in [0.717, 1.165) is 25.8 Å². The molecule has 1 amide bonds. The first-order valence-corrected chi connectivity index (χ1v) is 8.92. The van der Waals surface area contributed by atoms with E-state index >= 15 is 0 Å². The van der Waals surface area contributed by atoms with Crippen LogP contribution in [-0.2, 0) is 4.79 Å². The van der Waals surface area contributed by atoms with Gasteiger partial charge < -0.3 is 4.90 Å². The molecule has 0 radical (unpaired) electrons. The van der Waals surface area contributed by atoms with Crippen LogP contribution in [0, 0.1) is 19.8 Å². The Morgan fingerprint density at radius 3 is 2.62 bits per heavy atom. The van der Waals surface area contributed by atoms with Gasteiger partial charge in [-0.2, -0.15) is 0 Å². The highest BCUT2D eigenvalue weighted by atomic mass is 16.2. The third-order valence-corrected chi connectivity index (χ3v) is 5.69. The fraction of sp³-hybridized carbons (Fsp3) is 0.429. The second-order valence-electron chi connectivity index (χ2n) is 7.26. The number of carbonyl (C=O) groups is 1. The second kappa shape index (κ2) is 6.04. The van der Waals surface area contributed by atoms with E-state index in [1.807, 2.05) is 24.5 Å². The van der Waals surface area contributed by atoms with E-state index in [0.29, 0.717) is 11.8 Å². The summed E-state index contributed by atoms with van der Waals surface area (Å²) >= 11 is 0. The van der Waals surface area contributed by atoms with Gasteiger partial charge in [0.2, 0.25) is 5.91 Å². The minimum Gasteiger partial charge on any atom is -0.335 e. The third-order valence-electron chi connectivity index (χ3n) is 5.69. The summed E-state index contributed by atoms with van der Waals surface area (Å²) in [4.78, 5) is 19.2. The summed E-state index contributed by atoms with van der Waals surface area (Å²) in [7, 11) is 0. The number of likely N-dealkylation sites (tertiary alicyclic amines) is 1. The normalized spacial score (nSPS) is 25.8. The summed E-state index contributed by atoms with van der Waals surface area (Å²) in [6.45, 7) is 5.18. The number of carbonyl (C=O) groups excluding carboxylic acids is 1. The summed E-state index contributed by atoms with van der Waals surface area (Å²) < 4.78 is 0. The van der Waals surface area contributed by atoms with Gasteiger partial charge in [0.05, 0.1) is 6.04 Å². The molecule has 2 fully saturated rings. The van der Waals surface area contributed by atoms with Gasteiger partial charge >= 0.3 is 0 Å². The third kappa shape index (κ3) is 2.72. The molecule has 1 aliphatic carbocycles. The van der Waals surface area contributed by atoms with Gasteiger partial charge in [-0.1, -0.05) is 18.2 Å². The maximum Gasteiger partial charge on any atom is 0.226 e. The van der Waals surface area contributed by atoms with Crippen LogP contribution in [0.4, 0.5) is 0 Å². The van der Waals surface area contributed by atoms with E-state index in [-0.39, 0.29) is 12.0 Å². The van der Waals surface area contributed by atoms with Crippen molar-refractivity contribution >= 4 is 5.91 Å². The molecule has 3 heteroatoms. The minimum absolute atomic E-state index is 0.176. The lowest BCUT2D eigenvalue weighted by Gasteiger charge is -2.25. The molecule has 2 heterocycles. The largest absolute Gasteiger partial charge is 0.335 e. The van der Waals surface area contributed by atoms with Crippen LogP contribution < -0.4 is 0 Å². The average molecular weight is 320 g/mol. The molecule has 0 N–H and O–H groups in total. The molecule has 1 aliphatic heterocycles. The SMILES string of the molecule is Cc1ccc([C@@H]2C[C@H]2C(=O)N2CCC[C@@H]2c2ccncc2)cc1C. The lowest BCUT2D eigenvalue weighted by Crippen LogP contribution is -2.32. The van der Waals surface area contributed by atoms with Gasteiger partial charge in [-0.3, -0.25) is 9.78 Å². The van der Waals surface area contributed by atoms with Gasteiger partial charge in [-0.05, 0) is 73.4 Å². The van der Waals surface area contributed by atoms with Crippen LogP contribution in [0.15, 0.2) is 42.7 Å². The Morgan fingerprint density at radius 1 is 1.08 bits per heavy atom. The minimum atomic E-state index is 0.176. The number of hydrogen-bond donors (Lipinski definition) is 0. The predicted molar refractivity (Wildman–Crippen MR) is 94.7 cm³/mol. The number of amides is 1. The van der Waals surface area contributed by atoms with Crippen molar-refractivity contribution in [1.29, 1.82) is 0 Å². The quantitative estimate of drug-likeness (QED) is 0.850. The van der Waals surface area contributed by atoms with Gasteiger partial charge in [-0.15, -0.1) is 0 Å². The molecular weight excluding hydrogens is 296 g/mol. The fourth-order valence-corrected chi connectivity index (χ4v) is 4.01. The van der Waals surface area contributed by atoms with Crippen LogP contribution in [0.1, 0.15) is 53.5 Å². The van der Waals surface area contributed by atoms with Crippen molar-refractivity contribution in [2.75, 3.05) is 6.54 Å². The highest BCUT2D eigenvalue weighted by Crippen LogP contribution is 2.50. The number of benzene rings is 1. The van der Waals surface area contributed by atoms with E-state index in [4.69, 9.17) is 0 Å². The maximum absolute atomic E-state index is 13.0. The van der Waals surface area contributed by atoms with E-state index < -0.39 is 0 Å². The molecule has 3 atom stereocenters. The molecule has 1 saturated carbocycles. The maximum atomic E-state index is 13.0. The Hall–Kier alpha value is -2.16. The average Bonchev–Trinajstić information content (AvgIpc) is 3.25. The van der Waals surface area contributed by atoms with Crippen LogP contribution in [0.5, 0.6) is 0 Å². The standard InChI is InChI=1S/C21H24N2O/c1-14-5-6-17(12-15(14)2)18-13-19(18)21(24)23-11-3-4-20(23)16-7-9-22-10-8-16/h5-10,12,18-20H,3-4,11,13H2,1-2H3/t18-,19+,20+/m0/s1. The summed E-state index contributed by atoms with van der Waals surface area (Å²) in [6, 6.07) is 11.0. The van der Waals surface area contributed by atoms with Crippen molar-refractivity contribution in [2.45, 2.75) is 45.1 Å².